The largest absolute Gasteiger partial charge is 0.472 e. The molecule has 0 radical (unpaired) electrons. The lowest BCUT2D eigenvalue weighted by molar-refractivity contribution is -0.140. The third kappa shape index (κ3) is 3.42. The van der Waals surface area contributed by atoms with Gasteiger partial charge >= 0.3 is 0 Å². The second-order valence-electron chi connectivity index (χ2n) is 6.36. The van der Waals surface area contributed by atoms with Crippen molar-refractivity contribution in [1.29, 1.82) is 0 Å². The van der Waals surface area contributed by atoms with E-state index in [4.69, 9.17) is 4.42 Å². The Kier molecular flexibility index (Phi) is 4.48. The number of pyridine rings is 1. The zero-order valence-electron chi connectivity index (χ0n) is 13.6. The molecule has 25 heavy (non-hydrogen) atoms. The van der Waals surface area contributed by atoms with Crippen LogP contribution >= 0.6 is 11.8 Å². The number of aromatic nitrogens is 1. The molecule has 3 heterocycles. The Morgan fingerprint density at radius 1 is 1.36 bits per heavy atom. The first-order chi connectivity index (χ1) is 12.2. The molecule has 4 rings (SSSR count). The summed E-state index contributed by atoms with van der Waals surface area (Å²) in [5, 5.41) is 2.79. The molecule has 6 nitrogen and oxygen atoms in total. The van der Waals surface area contributed by atoms with Crippen LogP contribution in [0, 0.1) is 5.92 Å². The van der Waals surface area contributed by atoms with Gasteiger partial charge in [-0.15, -0.1) is 11.8 Å². The van der Waals surface area contributed by atoms with Crippen LogP contribution in [0.3, 0.4) is 0 Å². The van der Waals surface area contributed by atoms with E-state index >= 15 is 0 Å². The molecule has 2 aromatic rings. The van der Waals surface area contributed by atoms with Crippen LogP contribution < -0.4 is 5.32 Å². The van der Waals surface area contributed by atoms with Crippen LogP contribution in [0.5, 0.6) is 0 Å². The van der Waals surface area contributed by atoms with E-state index in [0.29, 0.717) is 12.3 Å². The number of rotatable bonds is 5. The van der Waals surface area contributed by atoms with E-state index in [1.807, 2.05) is 18.2 Å². The highest BCUT2D eigenvalue weighted by Gasteiger charge is 2.46. The SMILES string of the molecule is O=C(NCc1cccnc1)C1CSC(c2ccoc2)N1C(=O)C1CC1. The quantitative estimate of drug-likeness (QED) is 0.889. The summed E-state index contributed by atoms with van der Waals surface area (Å²) in [5.41, 5.74) is 1.87. The lowest BCUT2D eigenvalue weighted by atomic mass is 10.2. The lowest BCUT2D eigenvalue weighted by Crippen LogP contribution is -2.48. The van der Waals surface area contributed by atoms with Gasteiger partial charge in [-0.2, -0.15) is 0 Å². The summed E-state index contributed by atoms with van der Waals surface area (Å²) in [4.78, 5) is 31.3. The summed E-state index contributed by atoms with van der Waals surface area (Å²) in [5.74, 6) is 0.628. The highest BCUT2D eigenvalue weighted by Crippen LogP contribution is 2.45. The molecule has 1 saturated carbocycles. The number of furan rings is 1. The molecule has 2 unspecified atom stereocenters. The molecule has 0 bridgehead atoms. The molecule has 2 aromatic heterocycles. The Labute approximate surface area is 150 Å². The second-order valence-corrected chi connectivity index (χ2v) is 7.47. The summed E-state index contributed by atoms with van der Waals surface area (Å²) in [6.45, 7) is 0.412. The van der Waals surface area contributed by atoms with E-state index < -0.39 is 6.04 Å². The van der Waals surface area contributed by atoms with Gasteiger partial charge in [0.2, 0.25) is 11.8 Å². The number of thioether (sulfide) groups is 1. The highest BCUT2D eigenvalue weighted by molar-refractivity contribution is 7.99. The van der Waals surface area contributed by atoms with Gasteiger partial charge < -0.3 is 14.6 Å². The average molecular weight is 357 g/mol. The number of hydrogen-bond acceptors (Lipinski definition) is 5. The third-order valence-corrected chi connectivity index (χ3v) is 5.83. The fourth-order valence-electron chi connectivity index (χ4n) is 3.00. The summed E-state index contributed by atoms with van der Waals surface area (Å²) < 4.78 is 5.17. The Bertz CT molecular complexity index is 746. The van der Waals surface area contributed by atoms with E-state index in [1.54, 1.807) is 41.6 Å². The van der Waals surface area contributed by atoms with Crippen LogP contribution in [0.2, 0.25) is 0 Å². The standard InChI is InChI=1S/C18H19N3O3S/c22-16(20-9-12-2-1-6-19-8-12)15-11-25-18(14-5-7-24-10-14)21(15)17(23)13-3-4-13/h1-2,5-8,10,13,15,18H,3-4,9,11H2,(H,20,22). The zero-order chi connectivity index (χ0) is 17.2. The van der Waals surface area contributed by atoms with Crippen molar-refractivity contribution in [2.75, 3.05) is 5.75 Å². The molecule has 1 saturated heterocycles. The van der Waals surface area contributed by atoms with Gasteiger partial charge in [-0.1, -0.05) is 6.07 Å². The first-order valence-electron chi connectivity index (χ1n) is 8.36. The van der Waals surface area contributed by atoms with Crippen LogP contribution in [0.1, 0.15) is 29.3 Å². The monoisotopic (exact) mass is 357 g/mol. The van der Waals surface area contributed by atoms with Crippen molar-refractivity contribution in [2.24, 2.45) is 5.92 Å². The van der Waals surface area contributed by atoms with Crippen molar-refractivity contribution < 1.29 is 14.0 Å². The van der Waals surface area contributed by atoms with Crippen LogP contribution in [-0.2, 0) is 16.1 Å². The molecule has 2 atom stereocenters. The van der Waals surface area contributed by atoms with E-state index in [0.717, 1.165) is 24.0 Å². The third-order valence-electron chi connectivity index (χ3n) is 4.50. The molecule has 7 heteroatoms. The smallest absolute Gasteiger partial charge is 0.243 e. The fourth-order valence-corrected chi connectivity index (χ4v) is 4.42. The van der Waals surface area contributed by atoms with Crippen LogP contribution in [0.25, 0.3) is 0 Å². The highest BCUT2D eigenvalue weighted by atomic mass is 32.2. The van der Waals surface area contributed by atoms with Crippen molar-refractivity contribution in [3.05, 3.63) is 54.2 Å². The van der Waals surface area contributed by atoms with Crippen LogP contribution in [0.4, 0.5) is 0 Å². The van der Waals surface area contributed by atoms with Gasteiger partial charge in [0.05, 0.1) is 12.5 Å². The minimum absolute atomic E-state index is 0.0710. The van der Waals surface area contributed by atoms with Crippen molar-refractivity contribution in [3.63, 3.8) is 0 Å². The molecule has 2 fully saturated rings. The summed E-state index contributed by atoms with van der Waals surface area (Å²) >= 11 is 1.61. The molecule has 0 spiro atoms. The lowest BCUT2D eigenvalue weighted by Gasteiger charge is -2.28. The maximum Gasteiger partial charge on any atom is 0.243 e. The first-order valence-corrected chi connectivity index (χ1v) is 9.41. The molecule has 130 valence electrons. The summed E-state index contributed by atoms with van der Waals surface area (Å²) in [6.07, 6.45) is 8.52. The fraction of sp³-hybridized carbons (Fsp3) is 0.389. The number of carbonyl (C=O) groups is 2. The molecule has 1 N–H and O–H groups in total. The molecule has 2 aliphatic rings. The van der Waals surface area contributed by atoms with Gasteiger partial charge in [0.1, 0.15) is 11.4 Å². The molecular formula is C18H19N3O3S. The van der Waals surface area contributed by atoms with E-state index in [2.05, 4.69) is 10.3 Å². The Balaban J connectivity index is 1.49. The van der Waals surface area contributed by atoms with Gasteiger partial charge in [0, 0.05) is 36.2 Å². The first kappa shape index (κ1) is 16.2. The maximum atomic E-state index is 12.8. The Hall–Kier alpha value is -2.28. The minimum Gasteiger partial charge on any atom is -0.472 e. The van der Waals surface area contributed by atoms with Gasteiger partial charge in [-0.05, 0) is 30.5 Å². The molecular weight excluding hydrogens is 338 g/mol. The normalized spacial score (nSPS) is 22.8. The summed E-state index contributed by atoms with van der Waals surface area (Å²) in [7, 11) is 0. The number of nitrogens with zero attached hydrogens (tertiary/aromatic N) is 2. The topological polar surface area (TPSA) is 75.4 Å². The zero-order valence-corrected chi connectivity index (χ0v) is 14.4. The van der Waals surface area contributed by atoms with Crippen molar-refractivity contribution in [1.82, 2.24) is 15.2 Å². The van der Waals surface area contributed by atoms with Crippen molar-refractivity contribution >= 4 is 23.6 Å². The predicted octanol–water partition coefficient (Wildman–Crippen LogP) is 2.34. The van der Waals surface area contributed by atoms with E-state index in [9.17, 15) is 9.59 Å². The Morgan fingerprint density at radius 3 is 2.92 bits per heavy atom. The Morgan fingerprint density at radius 2 is 2.24 bits per heavy atom. The van der Waals surface area contributed by atoms with Crippen molar-refractivity contribution in [2.45, 2.75) is 30.8 Å². The molecule has 1 aliphatic carbocycles. The minimum atomic E-state index is -0.449. The van der Waals surface area contributed by atoms with Gasteiger partial charge in [-0.3, -0.25) is 14.6 Å². The van der Waals surface area contributed by atoms with Gasteiger partial charge in [0.15, 0.2) is 0 Å². The molecule has 0 aromatic carbocycles. The van der Waals surface area contributed by atoms with Crippen LogP contribution in [0.15, 0.2) is 47.5 Å². The second kappa shape index (κ2) is 6.92. The average Bonchev–Trinajstić information content (AvgIpc) is 3.17. The number of amides is 2. The molecule has 1 aliphatic heterocycles. The van der Waals surface area contributed by atoms with E-state index in [1.165, 1.54) is 0 Å². The number of carbonyl (C=O) groups excluding carboxylic acids is 2. The van der Waals surface area contributed by atoms with Crippen molar-refractivity contribution in [3.8, 4) is 0 Å². The number of nitrogens with one attached hydrogen (secondary N) is 1. The summed E-state index contributed by atoms with van der Waals surface area (Å²) in [6, 6.07) is 5.17. The molecule has 2 amide bonds. The van der Waals surface area contributed by atoms with Gasteiger partial charge in [0.25, 0.3) is 0 Å². The maximum absolute atomic E-state index is 12.8. The predicted molar refractivity (Wildman–Crippen MR) is 93.3 cm³/mol. The van der Waals surface area contributed by atoms with Gasteiger partial charge in [-0.25, -0.2) is 0 Å². The van der Waals surface area contributed by atoms with Crippen LogP contribution in [-0.4, -0.2) is 33.5 Å². The number of hydrogen-bond donors (Lipinski definition) is 1. The van der Waals surface area contributed by atoms with E-state index in [-0.39, 0.29) is 23.1 Å².